The molecule has 42 heavy (non-hydrogen) atoms. The second kappa shape index (κ2) is 10.3. The van der Waals surface area contributed by atoms with Crippen molar-refractivity contribution in [2.75, 3.05) is 43.9 Å². The van der Waals surface area contributed by atoms with E-state index >= 15 is 4.39 Å². The molecule has 6 heterocycles. The number of hydrogen-bond acceptors (Lipinski definition) is 9. The summed E-state index contributed by atoms with van der Waals surface area (Å²) in [4.78, 5) is 19.7. The van der Waals surface area contributed by atoms with Crippen LogP contribution >= 0.6 is 0 Å². The van der Waals surface area contributed by atoms with E-state index in [9.17, 15) is 26.3 Å². The zero-order valence-electron chi connectivity index (χ0n) is 22.4. The van der Waals surface area contributed by atoms with E-state index in [1.54, 1.807) is 4.90 Å². The SMILES string of the molecule is CN1CCCC1COc1nc(N2CC3CCC(C(F)F)(C2)N3)c2cnc(-c3nc(N)cc(F)c3C(F)(F)F)c(F)c2n1. The van der Waals surface area contributed by atoms with Gasteiger partial charge in [-0.2, -0.15) is 23.1 Å². The highest BCUT2D eigenvalue weighted by Gasteiger charge is 2.51. The molecule has 0 spiro atoms. The first-order valence-electron chi connectivity index (χ1n) is 13.4. The molecule has 3 fully saturated rings. The Bertz CT molecular complexity index is 1520. The Morgan fingerprint density at radius 2 is 1.95 bits per heavy atom. The number of halogens is 7. The summed E-state index contributed by atoms with van der Waals surface area (Å²) in [5.74, 6) is -3.65. The monoisotopic (exact) mass is 600 g/mol. The van der Waals surface area contributed by atoms with Gasteiger partial charge in [0, 0.05) is 37.4 Å². The average molecular weight is 601 g/mol. The summed E-state index contributed by atoms with van der Waals surface area (Å²) in [6.45, 7) is 1.09. The lowest BCUT2D eigenvalue weighted by molar-refractivity contribution is -0.139. The first-order valence-corrected chi connectivity index (χ1v) is 13.4. The summed E-state index contributed by atoms with van der Waals surface area (Å²) in [6.07, 6.45) is -4.42. The predicted molar refractivity (Wildman–Crippen MR) is 138 cm³/mol. The highest BCUT2D eigenvalue weighted by molar-refractivity contribution is 5.92. The van der Waals surface area contributed by atoms with Crippen molar-refractivity contribution in [3.8, 4) is 17.4 Å². The molecule has 0 amide bonds. The zero-order valence-corrected chi connectivity index (χ0v) is 22.4. The number of nitrogen functional groups attached to an aromatic ring is 1. The fourth-order valence-corrected chi connectivity index (χ4v) is 6.14. The minimum absolute atomic E-state index is 0.0246. The number of nitrogens with two attached hydrogens (primary N) is 1. The lowest BCUT2D eigenvalue weighted by Crippen LogP contribution is -2.63. The number of alkyl halides is 5. The van der Waals surface area contributed by atoms with Gasteiger partial charge in [0.05, 0.1) is 10.9 Å². The van der Waals surface area contributed by atoms with Crippen molar-refractivity contribution >= 4 is 22.5 Å². The number of fused-ring (bicyclic) bond motifs is 3. The molecule has 0 aliphatic carbocycles. The van der Waals surface area contributed by atoms with Gasteiger partial charge in [0.15, 0.2) is 5.82 Å². The van der Waals surface area contributed by atoms with Gasteiger partial charge in [-0.05, 0) is 39.3 Å². The molecule has 3 saturated heterocycles. The maximum Gasteiger partial charge on any atom is 0.421 e. The number of ether oxygens (including phenoxy) is 1. The first-order chi connectivity index (χ1) is 19.9. The first kappa shape index (κ1) is 28.6. The van der Waals surface area contributed by atoms with Crippen molar-refractivity contribution in [1.82, 2.24) is 30.2 Å². The molecule has 226 valence electrons. The van der Waals surface area contributed by atoms with Crippen molar-refractivity contribution in [1.29, 1.82) is 0 Å². The summed E-state index contributed by atoms with van der Waals surface area (Å²) in [5.41, 5.74) is -0.401. The number of nitrogens with one attached hydrogen (secondary N) is 1. The van der Waals surface area contributed by atoms with Gasteiger partial charge in [-0.1, -0.05) is 0 Å². The number of likely N-dealkylation sites (N-methyl/N-ethyl adjacent to an activating group) is 1. The minimum Gasteiger partial charge on any atom is -0.462 e. The molecule has 0 aromatic carbocycles. The Morgan fingerprint density at radius 3 is 2.64 bits per heavy atom. The van der Waals surface area contributed by atoms with Gasteiger partial charge in [-0.25, -0.2) is 22.5 Å². The van der Waals surface area contributed by atoms with E-state index in [4.69, 9.17) is 10.5 Å². The van der Waals surface area contributed by atoms with Crippen molar-refractivity contribution in [3.05, 3.63) is 29.5 Å². The van der Waals surface area contributed by atoms with E-state index < -0.39 is 58.1 Å². The average Bonchev–Trinajstić information content (AvgIpc) is 3.47. The topological polar surface area (TPSA) is 105 Å². The lowest BCUT2D eigenvalue weighted by Gasteiger charge is -2.41. The Kier molecular flexibility index (Phi) is 7.03. The van der Waals surface area contributed by atoms with Crippen molar-refractivity contribution < 1.29 is 35.5 Å². The number of hydrogen-bond donors (Lipinski definition) is 2. The summed E-state index contributed by atoms with van der Waals surface area (Å²) in [6, 6.07) is -0.167. The number of nitrogens with zero attached hydrogens (tertiary/aromatic N) is 6. The third-order valence-corrected chi connectivity index (χ3v) is 8.28. The smallest absolute Gasteiger partial charge is 0.421 e. The normalized spacial score (nSPS) is 24.7. The third kappa shape index (κ3) is 4.93. The largest absolute Gasteiger partial charge is 0.462 e. The van der Waals surface area contributed by atoms with E-state index in [1.807, 2.05) is 7.05 Å². The van der Waals surface area contributed by atoms with Gasteiger partial charge in [-0.15, -0.1) is 0 Å². The number of aromatic nitrogens is 4. The second-order valence-electron chi connectivity index (χ2n) is 11.1. The summed E-state index contributed by atoms with van der Waals surface area (Å²) >= 11 is 0. The number of pyridine rings is 2. The van der Waals surface area contributed by atoms with Crippen LogP contribution in [0.3, 0.4) is 0 Å². The Morgan fingerprint density at radius 1 is 1.17 bits per heavy atom. The standard InChI is InChI=1S/C26H27F7N8O/c1-40-6-2-3-13(40)10-42-24-37-19-14(22(38-24)41-9-12-4-5-25(11-41,39-12)23(29)30)8-35-21(18(19)28)20-17(26(31,32)33)15(27)7-16(34)36-20/h7-8,12-13,23,39H,2-6,9-11H2,1H3,(H2,34,36). The van der Waals surface area contributed by atoms with Crippen LogP contribution in [0.2, 0.25) is 0 Å². The van der Waals surface area contributed by atoms with E-state index in [0.717, 1.165) is 25.6 Å². The van der Waals surface area contributed by atoms with Crippen molar-refractivity contribution in [2.24, 2.45) is 0 Å². The number of piperazine rings is 1. The highest BCUT2D eigenvalue weighted by Crippen LogP contribution is 2.42. The maximum absolute atomic E-state index is 16.1. The fraction of sp³-hybridized carbons (Fsp3) is 0.538. The van der Waals surface area contributed by atoms with Crippen LogP contribution in [0.5, 0.6) is 6.01 Å². The van der Waals surface area contributed by atoms with Gasteiger partial charge in [0.1, 0.15) is 46.5 Å². The molecule has 3 unspecified atom stereocenters. The van der Waals surface area contributed by atoms with Crippen LogP contribution in [0, 0.1) is 11.6 Å². The van der Waals surface area contributed by atoms with Gasteiger partial charge < -0.3 is 25.6 Å². The summed E-state index contributed by atoms with van der Waals surface area (Å²) in [7, 11) is 1.92. The van der Waals surface area contributed by atoms with Crippen LogP contribution in [-0.4, -0.2) is 82.2 Å². The Balaban J connectivity index is 1.50. The molecule has 0 saturated carbocycles. The van der Waals surface area contributed by atoms with E-state index in [1.165, 1.54) is 0 Å². The molecule has 9 nitrogen and oxygen atoms in total. The molecule has 0 radical (unpaired) electrons. The number of likely N-dealkylation sites (tertiary alicyclic amines) is 1. The van der Waals surface area contributed by atoms with Crippen LogP contribution < -0.4 is 20.7 Å². The predicted octanol–water partition coefficient (Wildman–Crippen LogP) is 4.01. The van der Waals surface area contributed by atoms with Crippen molar-refractivity contribution in [2.45, 2.75) is 55.9 Å². The summed E-state index contributed by atoms with van der Waals surface area (Å²) in [5, 5.41) is 2.95. The van der Waals surface area contributed by atoms with E-state index in [-0.39, 0.29) is 55.4 Å². The summed E-state index contributed by atoms with van der Waals surface area (Å²) < 4.78 is 106. The quantitative estimate of drug-likeness (QED) is 0.406. The molecule has 3 N–H and O–H groups in total. The maximum atomic E-state index is 16.1. The van der Waals surface area contributed by atoms with E-state index in [2.05, 4.69) is 30.2 Å². The molecular formula is C26H27F7N8O. The molecule has 3 aliphatic rings. The van der Waals surface area contributed by atoms with Crippen LogP contribution in [0.4, 0.5) is 42.4 Å². The Hall–Kier alpha value is -3.53. The highest BCUT2D eigenvalue weighted by atomic mass is 19.4. The molecule has 2 bridgehead atoms. The number of anilines is 2. The minimum atomic E-state index is -5.24. The molecule has 3 aromatic rings. The Labute approximate surface area is 235 Å². The molecule has 3 aliphatic heterocycles. The molecule has 3 atom stereocenters. The molecule has 16 heteroatoms. The lowest BCUT2D eigenvalue weighted by atomic mass is 9.97. The fourth-order valence-electron chi connectivity index (χ4n) is 6.14. The number of rotatable bonds is 6. The van der Waals surface area contributed by atoms with Crippen LogP contribution in [-0.2, 0) is 6.18 Å². The van der Waals surface area contributed by atoms with Gasteiger partial charge in [-0.3, -0.25) is 4.98 Å². The van der Waals surface area contributed by atoms with Gasteiger partial charge >= 0.3 is 12.2 Å². The zero-order chi connectivity index (χ0) is 30.0. The van der Waals surface area contributed by atoms with Gasteiger partial charge in [0.2, 0.25) is 0 Å². The van der Waals surface area contributed by atoms with Gasteiger partial charge in [0.25, 0.3) is 6.43 Å². The van der Waals surface area contributed by atoms with Crippen LogP contribution in [0.1, 0.15) is 31.2 Å². The molecule has 6 rings (SSSR count). The van der Waals surface area contributed by atoms with Crippen LogP contribution in [0.15, 0.2) is 12.3 Å². The third-order valence-electron chi connectivity index (χ3n) is 8.28. The van der Waals surface area contributed by atoms with Crippen molar-refractivity contribution in [3.63, 3.8) is 0 Å². The second-order valence-corrected chi connectivity index (χ2v) is 11.1. The molecule has 3 aromatic heterocycles. The van der Waals surface area contributed by atoms with Crippen LogP contribution in [0.25, 0.3) is 22.3 Å². The molecular weight excluding hydrogens is 573 g/mol. The van der Waals surface area contributed by atoms with E-state index in [0.29, 0.717) is 12.5 Å².